The van der Waals surface area contributed by atoms with Crippen LogP contribution in [-0.2, 0) is 0 Å². The van der Waals surface area contributed by atoms with E-state index in [4.69, 9.17) is 0 Å². The molecule has 2 aromatic rings. The van der Waals surface area contributed by atoms with Crippen molar-refractivity contribution < 1.29 is 9.90 Å². The Morgan fingerprint density at radius 1 is 1.33 bits per heavy atom. The monoisotopic (exact) mass is 260 g/mol. The van der Waals surface area contributed by atoms with Crippen LogP contribution in [0.2, 0.25) is 0 Å². The molecule has 18 heavy (non-hydrogen) atoms. The second kappa shape index (κ2) is 4.94. The predicted molar refractivity (Wildman–Crippen MR) is 74.7 cm³/mol. The summed E-state index contributed by atoms with van der Waals surface area (Å²) in [6, 6.07) is 7.19. The summed E-state index contributed by atoms with van der Waals surface area (Å²) in [6.45, 7) is 5.86. The first-order valence-corrected chi connectivity index (χ1v) is 6.80. The van der Waals surface area contributed by atoms with Crippen molar-refractivity contribution in [2.24, 2.45) is 0 Å². The SMILES string of the molecule is Cc1cc(O)c(C(C)C)cc1C(=O)c1cccs1. The smallest absolute Gasteiger partial charge is 0.203 e. The van der Waals surface area contributed by atoms with E-state index in [0.717, 1.165) is 16.0 Å². The zero-order valence-corrected chi connectivity index (χ0v) is 11.5. The number of phenolic OH excluding ortho intramolecular Hbond substituents is 1. The average molecular weight is 260 g/mol. The molecular weight excluding hydrogens is 244 g/mol. The van der Waals surface area contributed by atoms with Gasteiger partial charge in [-0.05, 0) is 47.5 Å². The van der Waals surface area contributed by atoms with Gasteiger partial charge in [-0.15, -0.1) is 11.3 Å². The minimum Gasteiger partial charge on any atom is -0.508 e. The average Bonchev–Trinajstić information content (AvgIpc) is 2.81. The predicted octanol–water partition coefficient (Wildman–Crippen LogP) is 4.12. The van der Waals surface area contributed by atoms with Gasteiger partial charge in [0.2, 0.25) is 5.78 Å². The second-order valence-corrected chi connectivity index (χ2v) is 5.63. The molecule has 0 bridgehead atoms. The highest BCUT2D eigenvalue weighted by molar-refractivity contribution is 7.12. The van der Waals surface area contributed by atoms with Crippen LogP contribution >= 0.6 is 11.3 Å². The molecule has 0 spiro atoms. The maximum Gasteiger partial charge on any atom is 0.203 e. The summed E-state index contributed by atoms with van der Waals surface area (Å²) in [5.74, 6) is 0.495. The maximum atomic E-state index is 12.3. The fourth-order valence-electron chi connectivity index (χ4n) is 1.96. The van der Waals surface area contributed by atoms with E-state index in [1.54, 1.807) is 6.07 Å². The van der Waals surface area contributed by atoms with Crippen molar-refractivity contribution in [3.05, 3.63) is 51.2 Å². The van der Waals surface area contributed by atoms with Gasteiger partial charge in [-0.1, -0.05) is 19.9 Å². The number of hydrogen-bond acceptors (Lipinski definition) is 3. The van der Waals surface area contributed by atoms with Gasteiger partial charge in [0.1, 0.15) is 5.75 Å². The van der Waals surface area contributed by atoms with Gasteiger partial charge in [0.05, 0.1) is 4.88 Å². The van der Waals surface area contributed by atoms with E-state index in [0.29, 0.717) is 5.56 Å². The number of aryl methyl sites for hydroxylation is 1. The highest BCUT2D eigenvalue weighted by Crippen LogP contribution is 2.30. The molecule has 0 aliphatic rings. The minimum absolute atomic E-state index is 0.0319. The van der Waals surface area contributed by atoms with Crippen molar-refractivity contribution in [3.63, 3.8) is 0 Å². The third-order valence-corrected chi connectivity index (χ3v) is 3.85. The first-order chi connectivity index (χ1) is 8.50. The van der Waals surface area contributed by atoms with Crippen LogP contribution in [0.15, 0.2) is 29.6 Å². The molecule has 0 atom stereocenters. The second-order valence-electron chi connectivity index (χ2n) is 4.69. The van der Waals surface area contributed by atoms with Crippen molar-refractivity contribution in [1.82, 2.24) is 0 Å². The van der Waals surface area contributed by atoms with Crippen LogP contribution in [0.1, 0.15) is 46.1 Å². The van der Waals surface area contributed by atoms with Crippen LogP contribution < -0.4 is 0 Å². The molecule has 0 unspecified atom stereocenters. The number of carbonyl (C=O) groups is 1. The first kappa shape index (κ1) is 12.8. The number of ketones is 1. The Bertz CT molecular complexity index is 568. The van der Waals surface area contributed by atoms with Crippen molar-refractivity contribution in [2.75, 3.05) is 0 Å². The molecule has 1 aromatic carbocycles. The lowest BCUT2D eigenvalue weighted by molar-refractivity contribution is 0.104. The van der Waals surface area contributed by atoms with Crippen LogP contribution in [0, 0.1) is 6.92 Å². The lowest BCUT2D eigenvalue weighted by atomic mass is 9.94. The fraction of sp³-hybridized carbons (Fsp3) is 0.267. The molecule has 0 amide bonds. The molecule has 3 heteroatoms. The highest BCUT2D eigenvalue weighted by Gasteiger charge is 2.16. The van der Waals surface area contributed by atoms with Crippen LogP contribution in [0.5, 0.6) is 5.75 Å². The number of benzene rings is 1. The standard InChI is InChI=1S/C15H16O2S/c1-9(2)11-8-12(10(3)7-13(11)16)15(17)14-5-4-6-18-14/h4-9,16H,1-3H3. The lowest BCUT2D eigenvalue weighted by Gasteiger charge is -2.12. The minimum atomic E-state index is 0.0319. The van der Waals surface area contributed by atoms with Crippen LogP contribution in [0.4, 0.5) is 0 Å². The number of thiophene rings is 1. The molecule has 2 nitrogen and oxygen atoms in total. The topological polar surface area (TPSA) is 37.3 Å². The Morgan fingerprint density at radius 3 is 2.61 bits per heavy atom. The van der Waals surface area contributed by atoms with E-state index in [1.165, 1.54) is 11.3 Å². The van der Waals surface area contributed by atoms with E-state index in [-0.39, 0.29) is 17.5 Å². The van der Waals surface area contributed by atoms with Gasteiger partial charge in [0.25, 0.3) is 0 Å². The van der Waals surface area contributed by atoms with Gasteiger partial charge in [0.15, 0.2) is 0 Å². The Kier molecular flexibility index (Phi) is 3.53. The van der Waals surface area contributed by atoms with Crippen LogP contribution in [0.25, 0.3) is 0 Å². The quantitative estimate of drug-likeness (QED) is 0.843. The normalized spacial score (nSPS) is 10.9. The number of hydrogen-bond donors (Lipinski definition) is 1. The van der Waals surface area contributed by atoms with E-state index < -0.39 is 0 Å². The Hall–Kier alpha value is -1.61. The molecule has 0 radical (unpaired) electrons. The summed E-state index contributed by atoms with van der Waals surface area (Å²) in [6.07, 6.45) is 0. The highest BCUT2D eigenvalue weighted by atomic mass is 32.1. The van der Waals surface area contributed by atoms with E-state index in [2.05, 4.69) is 0 Å². The van der Waals surface area contributed by atoms with Gasteiger partial charge >= 0.3 is 0 Å². The van der Waals surface area contributed by atoms with Gasteiger partial charge < -0.3 is 5.11 Å². The van der Waals surface area contributed by atoms with Gasteiger partial charge in [-0.2, -0.15) is 0 Å². The summed E-state index contributed by atoms with van der Waals surface area (Å²) in [5, 5.41) is 11.8. The first-order valence-electron chi connectivity index (χ1n) is 5.92. The third-order valence-electron chi connectivity index (χ3n) is 2.99. The number of rotatable bonds is 3. The van der Waals surface area contributed by atoms with Crippen molar-refractivity contribution in [2.45, 2.75) is 26.7 Å². The van der Waals surface area contributed by atoms with Crippen molar-refractivity contribution in [1.29, 1.82) is 0 Å². The molecule has 1 heterocycles. The molecule has 2 rings (SSSR count). The zero-order valence-electron chi connectivity index (χ0n) is 10.7. The number of aromatic hydroxyl groups is 1. The summed E-state index contributed by atoms with van der Waals surface area (Å²) >= 11 is 1.44. The Labute approximate surface area is 111 Å². The molecule has 0 fully saturated rings. The lowest BCUT2D eigenvalue weighted by Crippen LogP contribution is -2.03. The van der Waals surface area contributed by atoms with Crippen LogP contribution in [-0.4, -0.2) is 10.9 Å². The molecule has 94 valence electrons. The van der Waals surface area contributed by atoms with E-state index >= 15 is 0 Å². The maximum absolute atomic E-state index is 12.3. The summed E-state index contributed by atoms with van der Waals surface area (Å²) in [5.41, 5.74) is 2.31. The van der Waals surface area contributed by atoms with Crippen LogP contribution in [0.3, 0.4) is 0 Å². The zero-order chi connectivity index (χ0) is 13.3. The van der Waals surface area contributed by atoms with Gasteiger partial charge in [0, 0.05) is 5.56 Å². The molecular formula is C15H16O2S. The van der Waals surface area contributed by atoms with Gasteiger partial charge in [-0.25, -0.2) is 0 Å². The molecule has 0 aliphatic heterocycles. The molecule has 1 aromatic heterocycles. The van der Waals surface area contributed by atoms with Crippen molar-refractivity contribution >= 4 is 17.1 Å². The van der Waals surface area contributed by atoms with Gasteiger partial charge in [-0.3, -0.25) is 4.79 Å². The summed E-state index contributed by atoms with van der Waals surface area (Å²) < 4.78 is 0. The molecule has 0 saturated heterocycles. The number of carbonyl (C=O) groups excluding carboxylic acids is 1. The molecule has 1 N–H and O–H groups in total. The Morgan fingerprint density at radius 2 is 2.06 bits per heavy atom. The fourth-order valence-corrected chi connectivity index (χ4v) is 2.63. The number of phenols is 1. The summed E-state index contributed by atoms with van der Waals surface area (Å²) in [4.78, 5) is 13.1. The van der Waals surface area contributed by atoms with E-state index in [1.807, 2.05) is 44.4 Å². The third kappa shape index (κ3) is 2.31. The summed E-state index contributed by atoms with van der Waals surface area (Å²) in [7, 11) is 0. The van der Waals surface area contributed by atoms with Crippen molar-refractivity contribution in [3.8, 4) is 5.75 Å². The molecule has 0 aliphatic carbocycles. The Balaban J connectivity index is 2.51. The largest absolute Gasteiger partial charge is 0.508 e. The van der Waals surface area contributed by atoms with E-state index in [9.17, 15) is 9.90 Å². The molecule has 0 saturated carbocycles.